The largest absolute Gasteiger partial charge is 0.323 e. The van der Waals surface area contributed by atoms with E-state index in [0.717, 1.165) is 11.3 Å². The van der Waals surface area contributed by atoms with E-state index in [1.165, 1.54) is 0 Å². The van der Waals surface area contributed by atoms with Gasteiger partial charge in [0.2, 0.25) is 5.91 Å². The molecule has 2 aromatic rings. The Morgan fingerprint density at radius 3 is 2.36 bits per heavy atom. The van der Waals surface area contributed by atoms with Crippen molar-refractivity contribution in [3.05, 3.63) is 41.2 Å². The van der Waals surface area contributed by atoms with Gasteiger partial charge in [-0.25, -0.2) is 8.42 Å². The average Bonchev–Trinajstić information content (AvgIpc) is 2.78. The molecule has 2 rings (SSSR count). The third-order valence-corrected chi connectivity index (χ3v) is 5.10. The second kappa shape index (κ2) is 6.31. The van der Waals surface area contributed by atoms with Crippen LogP contribution in [-0.4, -0.2) is 30.3 Å². The Hall–Kier alpha value is -2.15. The van der Waals surface area contributed by atoms with Crippen LogP contribution in [0.1, 0.15) is 23.4 Å². The van der Waals surface area contributed by atoms with Crippen molar-refractivity contribution in [3.63, 3.8) is 0 Å². The highest BCUT2D eigenvalue weighted by Gasteiger charge is 2.17. The number of nitrogens with one attached hydrogen (secondary N) is 2. The topological polar surface area (TPSA) is 91.9 Å². The number of nitrogens with zero attached hydrogens (tertiary/aromatic N) is 1. The van der Waals surface area contributed by atoms with E-state index in [0.29, 0.717) is 11.4 Å². The minimum atomic E-state index is -3.46. The van der Waals surface area contributed by atoms with Crippen molar-refractivity contribution >= 4 is 21.4 Å². The number of H-pyrrole nitrogens is 1. The summed E-state index contributed by atoms with van der Waals surface area (Å²) in [6.45, 7) is 5.44. The van der Waals surface area contributed by atoms with Crippen molar-refractivity contribution in [2.24, 2.45) is 0 Å². The van der Waals surface area contributed by atoms with E-state index in [-0.39, 0.29) is 23.0 Å². The molecule has 1 aromatic carbocycles. The second-order valence-electron chi connectivity index (χ2n) is 5.24. The van der Waals surface area contributed by atoms with Gasteiger partial charge in [0.05, 0.1) is 27.7 Å². The molecule has 0 radical (unpaired) electrons. The molecule has 0 aliphatic heterocycles. The molecule has 1 heterocycles. The fourth-order valence-corrected chi connectivity index (χ4v) is 3.27. The highest BCUT2D eigenvalue weighted by Crippen LogP contribution is 2.17. The maximum absolute atomic E-state index is 12.2. The molecule has 0 saturated heterocycles. The zero-order valence-electron chi connectivity index (χ0n) is 12.8. The number of carbonyl (C=O) groups excluding carboxylic acids is 1. The molecule has 0 aliphatic carbocycles. The standard InChI is InChI=1S/C15H19N3O3S/c1-10-4-6-13(7-5-10)22(20,21)9-8-14(19)16-15-11(2)17-18-12(15)3/h4-7H,8-9H2,1-3H3,(H,16,19)(H,17,18). The average molecular weight is 321 g/mol. The van der Waals surface area contributed by atoms with E-state index in [9.17, 15) is 13.2 Å². The number of aromatic amines is 1. The third-order valence-electron chi connectivity index (χ3n) is 3.37. The van der Waals surface area contributed by atoms with Crippen molar-refractivity contribution in [3.8, 4) is 0 Å². The number of aryl methyl sites for hydroxylation is 3. The number of hydrogen-bond donors (Lipinski definition) is 2. The summed E-state index contributed by atoms with van der Waals surface area (Å²) in [5.74, 6) is -0.569. The Kier molecular flexibility index (Phi) is 4.65. The predicted molar refractivity (Wildman–Crippen MR) is 84.5 cm³/mol. The van der Waals surface area contributed by atoms with Gasteiger partial charge in [-0.1, -0.05) is 17.7 Å². The van der Waals surface area contributed by atoms with Crippen LogP contribution in [0.15, 0.2) is 29.2 Å². The number of aromatic nitrogens is 2. The smallest absolute Gasteiger partial charge is 0.225 e. The van der Waals surface area contributed by atoms with Crippen LogP contribution in [-0.2, 0) is 14.6 Å². The van der Waals surface area contributed by atoms with E-state index in [2.05, 4.69) is 15.5 Å². The van der Waals surface area contributed by atoms with E-state index in [1.54, 1.807) is 38.1 Å². The fraction of sp³-hybridized carbons (Fsp3) is 0.333. The Labute approximate surface area is 129 Å². The zero-order chi connectivity index (χ0) is 16.3. The summed E-state index contributed by atoms with van der Waals surface area (Å²) in [5, 5.41) is 9.43. The van der Waals surface area contributed by atoms with Gasteiger partial charge in [-0.05, 0) is 32.9 Å². The van der Waals surface area contributed by atoms with Gasteiger partial charge >= 0.3 is 0 Å². The zero-order valence-corrected chi connectivity index (χ0v) is 13.6. The van der Waals surface area contributed by atoms with Gasteiger partial charge in [-0.3, -0.25) is 9.89 Å². The third kappa shape index (κ3) is 3.73. The Morgan fingerprint density at radius 2 is 1.82 bits per heavy atom. The molecule has 6 nitrogen and oxygen atoms in total. The number of sulfone groups is 1. The molecule has 0 atom stereocenters. The van der Waals surface area contributed by atoms with Crippen molar-refractivity contribution < 1.29 is 13.2 Å². The number of anilines is 1. The summed E-state index contributed by atoms with van der Waals surface area (Å²) in [5.41, 5.74) is 3.01. The van der Waals surface area contributed by atoms with E-state index >= 15 is 0 Å². The molecule has 0 aliphatic rings. The Balaban J connectivity index is 2.00. The van der Waals surface area contributed by atoms with Gasteiger partial charge in [0.25, 0.3) is 0 Å². The predicted octanol–water partition coefficient (Wildman–Crippen LogP) is 2.14. The summed E-state index contributed by atoms with van der Waals surface area (Å²) in [6.07, 6.45) is -0.0970. The minimum Gasteiger partial charge on any atom is -0.323 e. The van der Waals surface area contributed by atoms with Crippen LogP contribution in [0.4, 0.5) is 5.69 Å². The van der Waals surface area contributed by atoms with Crippen LogP contribution in [0.25, 0.3) is 0 Å². The molecule has 0 saturated carbocycles. The lowest BCUT2D eigenvalue weighted by Crippen LogP contribution is -2.18. The molecule has 2 N–H and O–H groups in total. The Bertz CT molecular complexity index is 757. The molecule has 0 unspecified atom stereocenters. The molecule has 0 fully saturated rings. The summed E-state index contributed by atoms with van der Waals surface area (Å²) in [4.78, 5) is 12.2. The van der Waals surface area contributed by atoms with Crippen LogP contribution in [0, 0.1) is 20.8 Å². The minimum absolute atomic E-state index is 0.0970. The van der Waals surface area contributed by atoms with Crippen LogP contribution in [0.3, 0.4) is 0 Å². The van der Waals surface area contributed by atoms with Crippen LogP contribution in [0.5, 0.6) is 0 Å². The van der Waals surface area contributed by atoms with Gasteiger partial charge in [0.15, 0.2) is 9.84 Å². The van der Waals surface area contributed by atoms with Crippen LogP contribution < -0.4 is 5.32 Å². The first kappa shape index (κ1) is 16.2. The quantitative estimate of drug-likeness (QED) is 0.882. The summed E-state index contributed by atoms with van der Waals surface area (Å²) >= 11 is 0. The van der Waals surface area contributed by atoms with Crippen molar-refractivity contribution in [1.82, 2.24) is 10.2 Å². The summed E-state index contributed by atoms with van der Waals surface area (Å²) < 4.78 is 24.4. The number of benzene rings is 1. The van der Waals surface area contributed by atoms with Gasteiger partial charge in [0.1, 0.15) is 0 Å². The molecule has 0 spiro atoms. The molecule has 7 heteroatoms. The summed E-state index contributed by atoms with van der Waals surface area (Å²) in [6, 6.07) is 6.61. The van der Waals surface area contributed by atoms with Crippen LogP contribution in [0.2, 0.25) is 0 Å². The molecular weight excluding hydrogens is 302 g/mol. The van der Waals surface area contributed by atoms with Crippen LogP contribution >= 0.6 is 0 Å². The molecule has 1 aromatic heterocycles. The lowest BCUT2D eigenvalue weighted by molar-refractivity contribution is -0.115. The lowest BCUT2D eigenvalue weighted by Gasteiger charge is -2.07. The first-order chi connectivity index (χ1) is 10.3. The van der Waals surface area contributed by atoms with E-state index in [1.807, 2.05) is 6.92 Å². The maximum Gasteiger partial charge on any atom is 0.225 e. The first-order valence-corrected chi connectivity index (χ1v) is 8.55. The first-order valence-electron chi connectivity index (χ1n) is 6.90. The van der Waals surface area contributed by atoms with E-state index < -0.39 is 9.84 Å². The Morgan fingerprint density at radius 1 is 1.18 bits per heavy atom. The normalized spacial score (nSPS) is 11.4. The van der Waals surface area contributed by atoms with Crippen molar-refractivity contribution in [2.75, 3.05) is 11.1 Å². The van der Waals surface area contributed by atoms with Crippen molar-refractivity contribution in [1.29, 1.82) is 0 Å². The second-order valence-corrected chi connectivity index (χ2v) is 7.35. The highest BCUT2D eigenvalue weighted by atomic mass is 32.2. The number of carbonyl (C=O) groups is 1. The molecular formula is C15H19N3O3S. The maximum atomic E-state index is 12.2. The molecule has 22 heavy (non-hydrogen) atoms. The fourth-order valence-electron chi connectivity index (χ4n) is 2.03. The molecule has 118 valence electrons. The van der Waals surface area contributed by atoms with Crippen molar-refractivity contribution in [2.45, 2.75) is 32.1 Å². The molecule has 1 amide bonds. The lowest BCUT2D eigenvalue weighted by atomic mass is 10.2. The SMILES string of the molecule is Cc1ccc(S(=O)(=O)CCC(=O)Nc2c(C)n[nH]c2C)cc1. The highest BCUT2D eigenvalue weighted by molar-refractivity contribution is 7.91. The number of rotatable bonds is 5. The number of hydrogen-bond acceptors (Lipinski definition) is 4. The molecule has 0 bridgehead atoms. The monoisotopic (exact) mass is 321 g/mol. The van der Waals surface area contributed by atoms with Gasteiger partial charge < -0.3 is 5.32 Å². The van der Waals surface area contributed by atoms with Gasteiger partial charge in [-0.2, -0.15) is 5.10 Å². The number of amides is 1. The van der Waals surface area contributed by atoms with E-state index in [4.69, 9.17) is 0 Å². The summed E-state index contributed by atoms with van der Waals surface area (Å²) in [7, 11) is -3.46. The van der Waals surface area contributed by atoms with Gasteiger partial charge in [0, 0.05) is 6.42 Å². The van der Waals surface area contributed by atoms with Gasteiger partial charge in [-0.15, -0.1) is 0 Å².